The number of carboxylic acid groups (broad SMARTS) is 1. The highest BCUT2D eigenvalue weighted by atomic mass is 16.5. The molecule has 0 aliphatic rings. The Balaban J connectivity index is 2.01. The molecule has 0 radical (unpaired) electrons. The summed E-state index contributed by atoms with van der Waals surface area (Å²) >= 11 is 0. The second-order valence-corrected chi connectivity index (χ2v) is 7.84. The molecule has 0 saturated heterocycles. The molecule has 4 rings (SSSR count). The van der Waals surface area contributed by atoms with Crippen molar-refractivity contribution in [3.63, 3.8) is 0 Å². The van der Waals surface area contributed by atoms with E-state index in [1.807, 2.05) is 74.6 Å². The standard InChI is InChI=1S/C26H26N2O3/c1-27(2)19-13-9-17(10-14-19)23(18-11-15-20(31-4)16-12-18)24-21-7-5-6-8-22(21)28(3)25(24)26(29)30/h5-16,23H,1-4H3,(H,29,30). The van der Waals surface area contributed by atoms with E-state index in [-0.39, 0.29) is 5.92 Å². The van der Waals surface area contributed by atoms with Gasteiger partial charge in [-0.1, -0.05) is 42.5 Å². The van der Waals surface area contributed by atoms with Crippen molar-refractivity contribution < 1.29 is 14.6 Å². The maximum absolute atomic E-state index is 12.4. The Labute approximate surface area is 182 Å². The highest BCUT2D eigenvalue weighted by Crippen LogP contribution is 2.40. The van der Waals surface area contributed by atoms with Crippen LogP contribution in [0.25, 0.3) is 10.9 Å². The summed E-state index contributed by atoms with van der Waals surface area (Å²) in [6.07, 6.45) is 0. The summed E-state index contributed by atoms with van der Waals surface area (Å²) in [5, 5.41) is 11.1. The fourth-order valence-electron chi connectivity index (χ4n) is 4.26. The van der Waals surface area contributed by atoms with Gasteiger partial charge in [-0.25, -0.2) is 4.79 Å². The highest BCUT2D eigenvalue weighted by Gasteiger charge is 2.29. The topological polar surface area (TPSA) is 54.7 Å². The van der Waals surface area contributed by atoms with Crippen molar-refractivity contribution >= 4 is 22.6 Å². The van der Waals surface area contributed by atoms with E-state index >= 15 is 0 Å². The van der Waals surface area contributed by atoms with Crippen LogP contribution in [0.15, 0.2) is 72.8 Å². The molecule has 4 aromatic rings. The van der Waals surface area contributed by atoms with Crippen LogP contribution in [0.4, 0.5) is 5.69 Å². The average molecular weight is 415 g/mol. The van der Waals surface area contributed by atoms with E-state index in [0.29, 0.717) is 5.69 Å². The summed E-state index contributed by atoms with van der Waals surface area (Å²) in [4.78, 5) is 14.4. The van der Waals surface area contributed by atoms with Gasteiger partial charge in [-0.3, -0.25) is 0 Å². The highest BCUT2D eigenvalue weighted by molar-refractivity contribution is 5.99. The molecular formula is C26H26N2O3. The van der Waals surface area contributed by atoms with Gasteiger partial charge in [0.25, 0.3) is 0 Å². The predicted octanol–water partition coefficient (Wildman–Crippen LogP) is 5.13. The number of hydrogen-bond acceptors (Lipinski definition) is 3. The number of ether oxygens (including phenoxy) is 1. The molecule has 0 amide bonds. The van der Waals surface area contributed by atoms with E-state index in [1.54, 1.807) is 11.7 Å². The summed E-state index contributed by atoms with van der Waals surface area (Å²) in [6.45, 7) is 0. The van der Waals surface area contributed by atoms with Crippen LogP contribution in [0, 0.1) is 0 Å². The summed E-state index contributed by atoms with van der Waals surface area (Å²) in [5.41, 5.74) is 5.14. The van der Waals surface area contributed by atoms with Crippen LogP contribution < -0.4 is 9.64 Å². The van der Waals surface area contributed by atoms with E-state index in [1.165, 1.54) is 0 Å². The number of aromatic nitrogens is 1. The van der Waals surface area contributed by atoms with Crippen molar-refractivity contribution in [2.24, 2.45) is 7.05 Å². The van der Waals surface area contributed by atoms with Gasteiger partial charge >= 0.3 is 5.97 Å². The van der Waals surface area contributed by atoms with Crippen molar-refractivity contribution in [3.8, 4) is 5.75 Å². The number of para-hydroxylation sites is 1. The normalized spacial score (nSPS) is 12.0. The fourth-order valence-corrected chi connectivity index (χ4v) is 4.26. The summed E-state index contributed by atoms with van der Waals surface area (Å²) < 4.78 is 7.11. The molecule has 1 N–H and O–H groups in total. The molecule has 0 aliphatic heterocycles. The molecule has 1 atom stereocenters. The molecule has 1 heterocycles. The van der Waals surface area contributed by atoms with Gasteiger partial charge in [0, 0.05) is 49.2 Å². The van der Waals surface area contributed by atoms with Crippen LogP contribution in [0.1, 0.15) is 33.1 Å². The van der Waals surface area contributed by atoms with Gasteiger partial charge in [-0.15, -0.1) is 0 Å². The Morgan fingerprint density at radius 2 is 1.52 bits per heavy atom. The number of fused-ring (bicyclic) bond motifs is 1. The van der Waals surface area contributed by atoms with Crippen LogP contribution in [0.3, 0.4) is 0 Å². The van der Waals surface area contributed by atoms with Gasteiger partial charge < -0.3 is 19.3 Å². The largest absolute Gasteiger partial charge is 0.497 e. The quantitative estimate of drug-likeness (QED) is 0.475. The lowest BCUT2D eigenvalue weighted by atomic mass is 9.83. The summed E-state index contributed by atoms with van der Waals surface area (Å²) in [6, 6.07) is 24.0. The zero-order chi connectivity index (χ0) is 22.1. The Kier molecular flexibility index (Phi) is 5.42. The Bertz CT molecular complexity index is 1220. The molecule has 0 aliphatic carbocycles. The number of aromatic carboxylic acids is 1. The number of rotatable bonds is 6. The van der Waals surface area contributed by atoms with Crippen molar-refractivity contribution in [2.45, 2.75) is 5.92 Å². The number of benzene rings is 3. The first-order chi connectivity index (χ1) is 14.9. The zero-order valence-electron chi connectivity index (χ0n) is 18.2. The van der Waals surface area contributed by atoms with Crippen LogP contribution in [0.2, 0.25) is 0 Å². The predicted molar refractivity (Wildman–Crippen MR) is 125 cm³/mol. The first kappa shape index (κ1) is 20.5. The Hall–Kier alpha value is -3.73. The van der Waals surface area contributed by atoms with E-state index in [4.69, 9.17) is 4.74 Å². The maximum atomic E-state index is 12.4. The monoisotopic (exact) mass is 414 g/mol. The first-order valence-corrected chi connectivity index (χ1v) is 10.1. The third kappa shape index (κ3) is 3.63. The van der Waals surface area contributed by atoms with Crippen LogP contribution in [-0.2, 0) is 7.05 Å². The van der Waals surface area contributed by atoms with Crippen molar-refractivity contribution in [1.82, 2.24) is 4.57 Å². The zero-order valence-corrected chi connectivity index (χ0v) is 18.2. The molecule has 1 unspecified atom stereocenters. The summed E-state index contributed by atoms with van der Waals surface area (Å²) in [7, 11) is 7.46. The third-order valence-electron chi connectivity index (χ3n) is 5.83. The van der Waals surface area contributed by atoms with E-state index < -0.39 is 5.97 Å². The molecule has 1 aromatic heterocycles. The first-order valence-electron chi connectivity index (χ1n) is 10.1. The van der Waals surface area contributed by atoms with Crippen molar-refractivity contribution in [1.29, 1.82) is 0 Å². The Morgan fingerprint density at radius 3 is 2.06 bits per heavy atom. The lowest BCUT2D eigenvalue weighted by Gasteiger charge is -2.21. The smallest absolute Gasteiger partial charge is 0.352 e. The molecule has 0 fully saturated rings. The average Bonchev–Trinajstić information content (AvgIpc) is 3.07. The molecule has 5 heteroatoms. The van der Waals surface area contributed by atoms with Crippen molar-refractivity contribution in [3.05, 3.63) is 95.2 Å². The number of carboxylic acids is 1. The van der Waals surface area contributed by atoms with Crippen LogP contribution >= 0.6 is 0 Å². The number of hydrogen-bond donors (Lipinski definition) is 1. The molecule has 5 nitrogen and oxygen atoms in total. The number of aryl methyl sites for hydroxylation is 1. The van der Waals surface area contributed by atoms with Crippen molar-refractivity contribution in [2.75, 3.05) is 26.1 Å². The van der Waals surface area contributed by atoms with Crippen LogP contribution in [0.5, 0.6) is 5.75 Å². The minimum absolute atomic E-state index is 0.237. The summed E-state index contributed by atoms with van der Waals surface area (Å²) in [5.74, 6) is -0.404. The second-order valence-electron chi connectivity index (χ2n) is 7.84. The molecule has 31 heavy (non-hydrogen) atoms. The van der Waals surface area contributed by atoms with E-state index in [0.717, 1.165) is 39.0 Å². The van der Waals surface area contributed by atoms with Gasteiger partial charge in [0.2, 0.25) is 0 Å². The number of anilines is 1. The van der Waals surface area contributed by atoms with Gasteiger partial charge in [-0.2, -0.15) is 0 Å². The third-order valence-corrected chi connectivity index (χ3v) is 5.83. The minimum atomic E-state index is -0.933. The lowest BCUT2D eigenvalue weighted by molar-refractivity contribution is 0.0685. The van der Waals surface area contributed by atoms with Gasteiger partial charge in [-0.05, 0) is 41.5 Å². The van der Waals surface area contributed by atoms with Gasteiger partial charge in [0.1, 0.15) is 11.4 Å². The van der Waals surface area contributed by atoms with E-state index in [2.05, 4.69) is 24.3 Å². The minimum Gasteiger partial charge on any atom is -0.497 e. The molecule has 158 valence electrons. The van der Waals surface area contributed by atoms with Gasteiger partial charge in [0.15, 0.2) is 0 Å². The molecule has 0 saturated carbocycles. The SMILES string of the molecule is COc1ccc(C(c2ccc(N(C)C)cc2)c2c(C(=O)O)n(C)c3ccccc23)cc1. The molecule has 0 spiro atoms. The molecular weight excluding hydrogens is 388 g/mol. The second kappa shape index (κ2) is 8.19. The lowest BCUT2D eigenvalue weighted by Crippen LogP contribution is -2.13. The Morgan fingerprint density at radius 1 is 0.935 bits per heavy atom. The van der Waals surface area contributed by atoms with Gasteiger partial charge in [0.05, 0.1) is 7.11 Å². The molecule has 0 bridgehead atoms. The fraction of sp³-hybridized carbons (Fsp3) is 0.192. The molecule has 3 aromatic carbocycles. The number of methoxy groups -OCH3 is 1. The van der Waals surface area contributed by atoms with E-state index in [9.17, 15) is 9.90 Å². The maximum Gasteiger partial charge on any atom is 0.352 e. The number of nitrogens with zero attached hydrogens (tertiary/aromatic N) is 2. The number of carbonyl (C=O) groups is 1. The van der Waals surface area contributed by atoms with Crippen LogP contribution in [-0.4, -0.2) is 36.8 Å².